The van der Waals surface area contributed by atoms with Crippen molar-refractivity contribution in [2.75, 3.05) is 13.1 Å². The monoisotopic (exact) mass is 391 g/mol. The van der Waals surface area contributed by atoms with Crippen LogP contribution in [-0.2, 0) is 15.1 Å². The Morgan fingerprint density at radius 3 is 1.93 bits per heavy atom. The number of amides is 4. The molecule has 0 spiro atoms. The van der Waals surface area contributed by atoms with Gasteiger partial charge in [0.25, 0.3) is 5.91 Å². The van der Waals surface area contributed by atoms with Gasteiger partial charge in [-0.1, -0.05) is 60.7 Å². The number of imide groups is 1. The molecule has 4 rings (SSSR count). The summed E-state index contributed by atoms with van der Waals surface area (Å²) >= 11 is 0. The lowest BCUT2D eigenvalue weighted by Crippen LogP contribution is -2.52. The standard InChI is InChI=1S/C23H25N3O3/c1-17(20(27)25-15-9-4-10-16-25)26-21(28)23(24-22(26)29,18-11-5-2-6-12-18)19-13-7-3-8-14-19/h2-3,5-8,11-14,17H,4,9-10,15-16H2,1H3,(H,24,29)/t17-/m1/s1. The Morgan fingerprint density at radius 2 is 1.41 bits per heavy atom. The van der Waals surface area contributed by atoms with Gasteiger partial charge in [-0.2, -0.15) is 0 Å². The Hall–Kier alpha value is -3.15. The molecular formula is C23H25N3O3. The lowest BCUT2D eigenvalue weighted by Gasteiger charge is -2.32. The maximum Gasteiger partial charge on any atom is 0.326 e. The van der Waals surface area contributed by atoms with Gasteiger partial charge in [0.1, 0.15) is 6.04 Å². The number of benzene rings is 2. The maximum absolute atomic E-state index is 13.7. The van der Waals surface area contributed by atoms with E-state index < -0.39 is 23.5 Å². The van der Waals surface area contributed by atoms with Crippen LogP contribution < -0.4 is 5.32 Å². The minimum Gasteiger partial charge on any atom is -0.341 e. The Bertz CT molecular complexity index is 868. The topological polar surface area (TPSA) is 69.7 Å². The zero-order valence-corrected chi connectivity index (χ0v) is 16.5. The summed E-state index contributed by atoms with van der Waals surface area (Å²) < 4.78 is 0. The molecule has 2 aromatic rings. The molecule has 2 fully saturated rings. The molecule has 1 N–H and O–H groups in total. The molecule has 0 unspecified atom stereocenters. The van der Waals surface area contributed by atoms with E-state index in [4.69, 9.17) is 0 Å². The van der Waals surface area contributed by atoms with Crippen molar-refractivity contribution in [2.24, 2.45) is 0 Å². The number of hydrogen-bond donors (Lipinski definition) is 1. The van der Waals surface area contributed by atoms with Gasteiger partial charge in [-0.3, -0.25) is 9.59 Å². The number of rotatable bonds is 4. The van der Waals surface area contributed by atoms with Crippen LogP contribution in [0.3, 0.4) is 0 Å². The predicted octanol–water partition coefficient (Wildman–Crippen LogP) is 2.88. The lowest BCUT2D eigenvalue weighted by molar-refractivity contribution is -0.143. The summed E-state index contributed by atoms with van der Waals surface area (Å²) in [4.78, 5) is 42.6. The third kappa shape index (κ3) is 3.18. The van der Waals surface area contributed by atoms with Gasteiger partial charge >= 0.3 is 6.03 Å². The molecule has 6 heteroatoms. The highest BCUT2D eigenvalue weighted by atomic mass is 16.2. The first-order valence-electron chi connectivity index (χ1n) is 10.1. The molecule has 2 aliphatic rings. The van der Waals surface area contributed by atoms with E-state index in [0.717, 1.165) is 24.2 Å². The van der Waals surface area contributed by atoms with E-state index in [-0.39, 0.29) is 5.91 Å². The number of urea groups is 1. The van der Waals surface area contributed by atoms with Crippen molar-refractivity contribution in [1.82, 2.24) is 15.1 Å². The molecule has 6 nitrogen and oxygen atoms in total. The highest BCUT2D eigenvalue weighted by Gasteiger charge is 2.56. The van der Waals surface area contributed by atoms with Gasteiger partial charge in [-0.15, -0.1) is 0 Å². The number of carbonyl (C=O) groups excluding carboxylic acids is 3. The first-order chi connectivity index (χ1) is 14.1. The summed E-state index contributed by atoms with van der Waals surface area (Å²) in [6.45, 7) is 2.99. The quantitative estimate of drug-likeness (QED) is 0.815. The van der Waals surface area contributed by atoms with Gasteiger partial charge in [-0.05, 0) is 37.3 Å². The van der Waals surface area contributed by atoms with Crippen LogP contribution in [0.1, 0.15) is 37.3 Å². The van der Waals surface area contributed by atoms with Crippen molar-refractivity contribution < 1.29 is 14.4 Å². The fraction of sp³-hybridized carbons (Fsp3) is 0.348. The van der Waals surface area contributed by atoms with Crippen molar-refractivity contribution in [1.29, 1.82) is 0 Å². The SMILES string of the molecule is C[C@H](C(=O)N1CCCCC1)N1C(=O)NC(c2ccccc2)(c2ccccc2)C1=O. The van der Waals surface area contributed by atoms with Gasteiger partial charge in [0.05, 0.1) is 0 Å². The molecular weight excluding hydrogens is 366 g/mol. The van der Waals surface area contributed by atoms with E-state index in [1.54, 1.807) is 11.8 Å². The van der Waals surface area contributed by atoms with Gasteiger partial charge < -0.3 is 10.2 Å². The van der Waals surface area contributed by atoms with Crippen molar-refractivity contribution in [2.45, 2.75) is 37.8 Å². The van der Waals surface area contributed by atoms with E-state index in [1.165, 1.54) is 0 Å². The number of nitrogens with zero attached hydrogens (tertiary/aromatic N) is 2. The molecule has 2 saturated heterocycles. The highest BCUT2D eigenvalue weighted by Crippen LogP contribution is 2.37. The fourth-order valence-electron chi connectivity index (χ4n) is 4.32. The van der Waals surface area contributed by atoms with E-state index in [2.05, 4.69) is 5.32 Å². The molecule has 0 bridgehead atoms. The van der Waals surface area contributed by atoms with Gasteiger partial charge in [0.15, 0.2) is 5.54 Å². The largest absolute Gasteiger partial charge is 0.341 e. The van der Waals surface area contributed by atoms with Crippen LogP contribution in [-0.4, -0.2) is 46.8 Å². The Kier molecular flexibility index (Phi) is 5.09. The zero-order valence-electron chi connectivity index (χ0n) is 16.5. The van der Waals surface area contributed by atoms with Crippen molar-refractivity contribution in [3.8, 4) is 0 Å². The number of carbonyl (C=O) groups is 3. The molecule has 0 saturated carbocycles. The minimum atomic E-state index is -1.34. The molecule has 150 valence electrons. The Morgan fingerprint density at radius 1 is 0.897 bits per heavy atom. The van der Waals surface area contributed by atoms with E-state index in [9.17, 15) is 14.4 Å². The van der Waals surface area contributed by atoms with E-state index in [0.29, 0.717) is 24.2 Å². The van der Waals surface area contributed by atoms with E-state index in [1.807, 2.05) is 60.7 Å². The molecule has 2 aliphatic heterocycles. The van der Waals surface area contributed by atoms with Crippen LogP contribution in [0.15, 0.2) is 60.7 Å². The molecule has 0 aliphatic carbocycles. The van der Waals surface area contributed by atoms with Crippen molar-refractivity contribution >= 4 is 17.8 Å². The van der Waals surface area contributed by atoms with Gasteiger partial charge in [-0.25, -0.2) is 9.69 Å². The van der Waals surface area contributed by atoms with Crippen LogP contribution in [0, 0.1) is 0 Å². The fourth-order valence-corrected chi connectivity index (χ4v) is 4.32. The van der Waals surface area contributed by atoms with Crippen LogP contribution in [0.25, 0.3) is 0 Å². The summed E-state index contributed by atoms with van der Waals surface area (Å²) in [5.74, 6) is -0.595. The average Bonchev–Trinajstić information content (AvgIpc) is 3.05. The summed E-state index contributed by atoms with van der Waals surface area (Å²) in [5.41, 5.74) is 0.00472. The first kappa shape index (κ1) is 19.2. The molecule has 0 radical (unpaired) electrons. The van der Waals surface area contributed by atoms with Gasteiger partial charge in [0, 0.05) is 13.1 Å². The summed E-state index contributed by atoms with van der Waals surface area (Å²) in [5, 5.41) is 2.91. The molecule has 4 amide bonds. The summed E-state index contributed by atoms with van der Waals surface area (Å²) in [6.07, 6.45) is 3.01. The van der Waals surface area contributed by atoms with Crippen LogP contribution in [0.4, 0.5) is 4.79 Å². The Balaban J connectivity index is 1.73. The predicted molar refractivity (Wildman–Crippen MR) is 109 cm³/mol. The first-order valence-corrected chi connectivity index (χ1v) is 10.1. The van der Waals surface area contributed by atoms with Crippen molar-refractivity contribution in [3.63, 3.8) is 0 Å². The minimum absolute atomic E-state index is 0.176. The van der Waals surface area contributed by atoms with Crippen LogP contribution >= 0.6 is 0 Å². The highest BCUT2D eigenvalue weighted by molar-refractivity contribution is 6.12. The number of nitrogens with one attached hydrogen (secondary N) is 1. The van der Waals surface area contributed by atoms with E-state index >= 15 is 0 Å². The molecule has 29 heavy (non-hydrogen) atoms. The second-order valence-corrected chi connectivity index (χ2v) is 7.65. The molecule has 0 aromatic heterocycles. The van der Waals surface area contributed by atoms with Crippen LogP contribution in [0.2, 0.25) is 0 Å². The number of piperidine rings is 1. The summed E-state index contributed by atoms with van der Waals surface area (Å²) in [7, 11) is 0. The second-order valence-electron chi connectivity index (χ2n) is 7.65. The number of hydrogen-bond acceptors (Lipinski definition) is 3. The maximum atomic E-state index is 13.7. The number of likely N-dealkylation sites (tertiary alicyclic amines) is 1. The molecule has 2 aromatic carbocycles. The van der Waals surface area contributed by atoms with Gasteiger partial charge in [0.2, 0.25) is 5.91 Å². The smallest absolute Gasteiger partial charge is 0.326 e. The van der Waals surface area contributed by atoms with Crippen molar-refractivity contribution in [3.05, 3.63) is 71.8 Å². The normalized spacial score (nSPS) is 19.8. The van der Waals surface area contributed by atoms with Crippen LogP contribution in [0.5, 0.6) is 0 Å². The lowest BCUT2D eigenvalue weighted by atomic mass is 9.82. The third-order valence-corrected chi connectivity index (χ3v) is 5.88. The summed E-state index contributed by atoms with van der Waals surface area (Å²) in [6, 6.07) is 17.0. The Labute approximate surface area is 170 Å². The molecule has 2 heterocycles. The average molecular weight is 391 g/mol. The zero-order chi connectivity index (χ0) is 20.4. The third-order valence-electron chi connectivity index (χ3n) is 5.88. The molecule has 1 atom stereocenters. The second kappa shape index (κ2) is 7.70.